The summed E-state index contributed by atoms with van der Waals surface area (Å²) in [5.41, 5.74) is 0. The average molecular weight is 463 g/mol. The molecular weight excluding hydrogens is 428 g/mol. The van der Waals surface area contributed by atoms with Gasteiger partial charge in [-0.05, 0) is 33.8 Å². The van der Waals surface area contributed by atoms with E-state index in [2.05, 4.69) is 0 Å². The molecule has 0 bridgehead atoms. The third-order valence-electron chi connectivity index (χ3n) is 6.72. The lowest BCUT2D eigenvalue weighted by Crippen LogP contribution is -2.52. The molecule has 0 aliphatic heterocycles. The quantitative estimate of drug-likeness (QED) is 0.417. The van der Waals surface area contributed by atoms with Crippen molar-refractivity contribution in [2.24, 2.45) is 0 Å². The first-order valence-corrected chi connectivity index (χ1v) is 12.4. The van der Waals surface area contributed by atoms with Crippen molar-refractivity contribution in [2.45, 2.75) is 36.6 Å². The molecule has 32 heavy (non-hydrogen) atoms. The third-order valence-corrected chi connectivity index (χ3v) is 10.5. The summed E-state index contributed by atoms with van der Waals surface area (Å²) in [4.78, 5) is 12.7. The second kappa shape index (κ2) is 9.70. The molecular formula is C24H34O7Si. The molecule has 0 fully saturated rings. The number of hydrogen-bond acceptors (Lipinski definition) is 7. The zero-order valence-electron chi connectivity index (χ0n) is 19.7. The first-order chi connectivity index (χ1) is 15.3. The highest BCUT2D eigenvalue weighted by molar-refractivity contribution is 6.92. The van der Waals surface area contributed by atoms with Crippen molar-refractivity contribution in [1.29, 1.82) is 0 Å². The van der Waals surface area contributed by atoms with Gasteiger partial charge in [-0.25, -0.2) is 0 Å². The highest BCUT2D eigenvalue weighted by Gasteiger charge is 2.51. The summed E-state index contributed by atoms with van der Waals surface area (Å²) >= 11 is 0. The summed E-state index contributed by atoms with van der Waals surface area (Å²) in [5, 5.41) is 2.57. The first kappa shape index (κ1) is 25.0. The first-order valence-electron chi connectivity index (χ1n) is 10.5. The molecule has 0 saturated heterocycles. The molecule has 7 nitrogen and oxygen atoms in total. The molecule has 0 aromatic carbocycles. The van der Waals surface area contributed by atoms with Gasteiger partial charge >= 0.3 is 0 Å². The van der Waals surface area contributed by atoms with Crippen LogP contribution < -0.4 is 0 Å². The summed E-state index contributed by atoms with van der Waals surface area (Å²) in [6, 6.07) is 0. The van der Waals surface area contributed by atoms with Crippen LogP contribution in [0.5, 0.6) is 0 Å². The molecule has 0 heterocycles. The van der Waals surface area contributed by atoms with Gasteiger partial charge in [0.1, 0.15) is 0 Å². The van der Waals surface area contributed by atoms with E-state index in [1.54, 1.807) is 42.7 Å². The molecule has 0 amide bonds. The van der Waals surface area contributed by atoms with Crippen LogP contribution in [0.1, 0.15) is 19.3 Å². The fraction of sp³-hybridized carbons (Fsp3) is 0.500. The zero-order valence-corrected chi connectivity index (χ0v) is 20.7. The third kappa shape index (κ3) is 4.29. The van der Waals surface area contributed by atoms with Crippen LogP contribution in [0.2, 0.25) is 0 Å². The lowest BCUT2D eigenvalue weighted by Gasteiger charge is -2.43. The fourth-order valence-corrected chi connectivity index (χ4v) is 8.29. The van der Waals surface area contributed by atoms with E-state index in [4.69, 9.17) is 28.4 Å². The van der Waals surface area contributed by atoms with Gasteiger partial charge in [0.25, 0.3) is 8.32 Å². The molecule has 0 saturated carbocycles. The standard InChI is InChI=1S/C24H34O7Si/c1-26-22(27-2)13-7-10-19(16-22)32(25,20-11-8-14-23(17-20,28-3)29-4)21-12-9-15-24(18-21,30-5)31-6/h7-15,25H,16-18H2,1-6H3. The predicted molar refractivity (Wildman–Crippen MR) is 124 cm³/mol. The Morgan fingerprint density at radius 3 is 1.03 bits per heavy atom. The van der Waals surface area contributed by atoms with Crippen LogP contribution in [0.25, 0.3) is 0 Å². The highest BCUT2D eigenvalue weighted by atomic mass is 28.4. The van der Waals surface area contributed by atoms with Crippen molar-refractivity contribution < 1.29 is 33.2 Å². The topological polar surface area (TPSA) is 75.6 Å². The van der Waals surface area contributed by atoms with Gasteiger partial charge in [-0.2, -0.15) is 0 Å². The Hall–Kier alpha value is -1.62. The van der Waals surface area contributed by atoms with E-state index in [1.165, 1.54) is 0 Å². The number of hydrogen-bond donors (Lipinski definition) is 1. The normalized spacial score (nSPS) is 23.5. The highest BCUT2D eigenvalue weighted by Crippen LogP contribution is 2.45. The molecule has 3 rings (SSSR count). The summed E-state index contributed by atoms with van der Waals surface area (Å²) in [5.74, 6) is -2.83. The molecule has 3 aliphatic rings. The molecule has 0 unspecified atom stereocenters. The Bertz CT molecular complexity index is 757. The van der Waals surface area contributed by atoms with E-state index in [1.807, 2.05) is 54.7 Å². The van der Waals surface area contributed by atoms with Gasteiger partial charge in [-0.3, -0.25) is 0 Å². The maximum Gasteiger partial charge on any atom is 0.274 e. The van der Waals surface area contributed by atoms with Crippen LogP contribution in [0.4, 0.5) is 0 Å². The summed E-state index contributed by atoms with van der Waals surface area (Å²) in [7, 11) is 6.15. The number of rotatable bonds is 9. The van der Waals surface area contributed by atoms with E-state index in [0.29, 0.717) is 19.3 Å². The Kier molecular flexibility index (Phi) is 7.58. The van der Waals surface area contributed by atoms with Crippen LogP contribution in [0, 0.1) is 0 Å². The zero-order chi connectivity index (χ0) is 23.5. The molecule has 0 aromatic heterocycles. The molecule has 3 aliphatic carbocycles. The predicted octanol–water partition coefficient (Wildman–Crippen LogP) is 3.17. The molecule has 0 spiro atoms. The van der Waals surface area contributed by atoms with E-state index in [9.17, 15) is 4.80 Å². The van der Waals surface area contributed by atoms with Crippen molar-refractivity contribution in [2.75, 3.05) is 42.7 Å². The van der Waals surface area contributed by atoms with Crippen LogP contribution in [0.15, 0.2) is 70.3 Å². The van der Waals surface area contributed by atoms with E-state index >= 15 is 0 Å². The van der Waals surface area contributed by atoms with Crippen molar-refractivity contribution >= 4 is 8.32 Å². The van der Waals surface area contributed by atoms with Crippen LogP contribution in [-0.4, -0.2) is 73.1 Å². The van der Waals surface area contributed by atoms with Gasteiger partial charge in [0, 0.05) is 61.9 Å². The van der Waals surface area contributed by atoms with Gasteiger partial charge in [0.2, 0.25) is 0 Å². The minimum Gasteiger partial charge on any atom is -0.421 e. The van der Waals surface area contributed by atoms with E-state index < -0.39 is 25.7 Å². The summed E-state index contributed by atoms with van der Waals surface area (Å²) in [6.07, 6.45) is 18.3. The minimum absolute atomic E-state index is 0.390. The Balaban J connectivity index is 2.13. The van der Waals surface area contributed by atoms with Crippen molar-refractivity contribution in [3.63, 3.8) is 0 Å². The lowest BCUT2D eigenvalue weighted by atomic mass is 10.1. The molecule has 0 radical (unpaired) electrons. The van der Waals surface area contributed by atoms with Crippen molar-refractivity contribution in [3.05, 3.63) is 70.3 Å². The van der Waals surface area contributed by atoms with Crippen LogP contribution >= 0.6 is 0 Å². The summed E-state index contributed by atoms with van der Waals surface area (Å²) < 4.78 is 34.1. The van der Waals surface area contributed by atoms with Crippen molar-refractivity contribution in [1.82, 2.24) is 0 Å². The SMILES string of the molecule is COC1(OC)C=CC=C([Si](O)(C2=CC=CC(OC)(OC)C2)C2=CC=CC(OC)(OC)C2)C1. The Morgan fingerprint density at radius 2 is 0.812 bits per heavy atom. The molecule has 1 N–H and O–H groups in total. The van der Waals surface area contributed by atoms with Gasteiger partial charge in [-0.15, -0.1) is 0 Å². The largest absolute Gasteiger partial charge is 0.421 e. The maximum atomic E-state index is 12.7. The van der Waals surface area contributed by atoms with Crippen LogP contribution in [0.3, 0.4) is 0 Å². The molecule has 0 atom stereocenters. The van der Waals surface area contributed by atoms with Gasteiger partial charge in [0.15, 0.2) is 17.4 Å². The molecule has 0 aromatic rings. The lowest BCUT2D eigenvalue weighted by molar-refractivity contribution is -0.170. The van der Waals surface area contributed by atoms with Gasteiger partial charge in [-0.1, -0.05) is 36.5 Å². The number of methoxy groups -OCH3 is 6. The molecule has 8 heteroatoms. The van der Waals surface area contributed by atoms with Crippen LogP contribution in [-0.2, 0) is 28.4 Å². The second-order valence-electron chi connectivity index (χ2n) is 8.05. The number of ether oxygens (including phenoxy) is 6. The van der Waals surface area contributed by atoms with Gasteiger partial charge in [0.05, 0.1) is 0 Å². The second-order valence-corrected chi connectivity index (χ2v) is 11.4. The summed E-state index contributed by atoms with van der Waals surface area (Å²) in [6.45, 7) is 0. The minimum atomic E-state index is -3.46. The van der Waals surface area contributed by atoms with Crippen molar-refractivity contribution in [3.8, 4) is 0 Å². The Labute approximate surface area is 191 Å². The fourth-order valence-electron chi connectivity index (χ4n) is 4.54. The molecule has 176 valence electrons. The van der Waals surface area contributed by atoms with E-state index in [-0.39, 0.29) is 0 Å². The maximum absolute atomic E-state index is 12.7. The number of allylic oxidation sites excluding steroid dienone is 6. The smallest absolute Gasteiger partial charge is 0.274 e. The van der Waals surface area contributed by atoms with E-state index in [0.717, 1.165) is 15.6 Å². The monoisotopic (exact) mass is 462 g/mol. The Morgan fingerprint density at radius 1 is 0.562 bits per heavy atom. The van der Waals surface area contributed by atoms with Gasteiger partial charge < -0.3 is 33.2 Å². The average Bonchev–Trinajstić information content (AvgIpc) is 2.88.